The van der Waals surface area contributed by atoms with Gasteiger partial charge < -0.3 is 4.74 Å². The van der Waals surface area contributed by atoms with Gasteiger partial charge in [0, 0.05) is 13.2 Å². The van der Waals surface area contributed by atoms with Gasteiger partial charge in [-0.05, 0) is 43.2 Å². The fourth-order valence-electron chi connectivity index (χ4n) is 2.44. The maximum atomic E-state index is 6.54. The summed E-state index contributed by atoms with van der Waals surface area (Å²) < 4.78 is 5.41. The number of alkyl halides is 1. The molecule has 1 aromatic rings. The largest absolute Gasteiger partial charge is 0.382 e. The zero-order valence-electron chi connectivity index (χ0n) is 9.79. The maximum absolute atomic E-state index is 6.54. The highest BCUT2D eigenvalue weighted by molar-refractivity contribution is 6.21. The maximum Gasteiger partial charge on any atom is 0.0617 e. The van der Waals surface area contributed by atoms with Crippen molar-refractivity contribution < 1.29 is 4.74 Å². The molecular formula is C14H19ClO. The Labute approximate surface area is 103 Å². The Bertz CT molecular complexity index is 337. The first-order chi connectivity index (χ1) is 7.83. The van der Waals surface area contributed by atoms with Gasteiger partial charge in [-0.1, -0.05) is 24.3 Å². The van der Waals surface area contributed by atoms with Gasteiger partial charge in [-0.3, -0.25) is 0 Å². The molecule has 0 fully saturated rings. The number of hydrogen-bond acceptors (Lipinski definition) is 1. The summed E-state index contributed by atoms with van der Waals surface area (Å²) in [5.41, 5.74) is 2.76. The first kappa shape index (κ1) is 11.9. The van der Waals surface area contributed by atoms with Crippen molar-refractivity contribution in [3.63, 3.8) is 0 Å². The van der Waals surface area contributed by atoms with E-state index in [4.69, 9.17) is 16.3 Å². The van der Waals surface area contributed by atoms with Gasteiger partial charge in [0.1, 0.15) is 0 Å². The molecule has 1 aliphatic rings. The van der Waals surface area contributed by atoms with Crippen molar-refractivity contribution in [2.45, 2.75) is 31.6 Å². The average molecular weight is 239 g/mol. The SMILES string of the molecule is CCOCCC1CCc2ccccc2C1Cl. The van der Waals surface area contributed by atoms with Crippen LogP contribution >= 0.6 is 11.6 Å². The quantitative estimate of drug-likeness (QED) is 0.570. The van der Waals surface area contributed by atoms with Crippen LogP contribution in [0, 0.1) is 5.92 Å². The Kier molecular flexibility index (Phi) is 4.25. The molecule has 0 spiro atoms. The molecule has 0 aliphatic heterocycles. The van der Waals surface area contributed by atoms with Crippen LogP contribution in [0.2, 0.25) is 0 Å². The smallest absolute Gasteiger partial charge is 0.0617 e. The summed E-state index contributed by atoms with van der Waals surface area (Å²) >= 11 is 6.54. The number of hydrogen-bond donors (Lipinski definition) is 0. The molecule has 16 heavy (non-hydrogen) atoms. The van der Waals surface area contributed by atoms with Crippen molar-refractivity contribution in [3.05, 3.63) is 35.4 Å². The number of aryl methyl sites for hydroxylation is 1. The summed E-state index contributed by atoms with van der Waals surface area (Å²) in [4.78, 5) is 0. The summed E-state index contributed by atoms with van der Waals surface area (Å²) in [7, 11) is 0. The second-order valence-electron chi connectivity index (χ2n) is 4.38. The van der Waals surface area contributed by atoms with Crippen LogP contribution in [0.4, 0.5) is 0 Å². The van der Waals surface area contributed by atoms with Gasteiger partial charge in [-0.2, -0.15) is 0 Å². The molecule has 88 valence electrons. The van der Waals surface area contributed by atoms with E-state index < -0.39 is 0 Å². The van der Waals surface area contributed by atoms with Gasteiger partial charge in [-0.25, -0.2) is 0 Å². The molecule has 0 aromatic heterocycles. The van der Waals surface area contributed by atoms with Gasteiger partial charge in [0.15, 0.2) is 0 Å². The van der Waals surface area contributed by atoms with E-state index in [0.29, 0.717) is 5.92 Å². The normalized spacial score (nSPS) is 24.1. The molecule has 0 radical (unpaired) electrons. The van der Waals surface area contributed by atoms with Gasteiger partial charge in [-0.15, -0.1) is 11.6 Å². The Morgan fingerprint density at radius 1 is 1.38 bits per heavy atom. The van der Waals surface area contributed by atoms with Crippen molar-refractivity contribution in [1.29, 1.82) is 0 Å². The molecule has 0 N–H and O–H groups in total. The number of fused-ring (bicyclic) bond motifs is 1. The molecule has 0 amide bonds. The van der Waals surface area contributed by atoms with Crippen LogP contribution in [0.15, 0.2) is 24.3 Å². The van der Waals surface area contributed by atoms with E-state index in [-0.39, 0.29) is 5.38 Å². The number of rotatable bonds is 4. The number of halogens is 1. The Balaban J connectivity index is 2.00. The summed E-state index contributed by atoms with van der Waals surface area (Å²) in [6, 6.07) is 8.55. The minimum Gasteiger partial charge on any atom is -0.382 e. The lowest BCUT2D eigenvalue weighted by Crippen LogP contribution is -2.18. The zero-order chi connectivity index (χ0) is 11.4. The Hall–Kier alpha value is -0.530. The molecule has 1 nitrogen and oxygen atoms in total. The predicted octanol–water partition coefficient (Wildman–Crippen LogP) is 3.96. The zero-order valence-corrected chi connectivity index (χ0v) is 10.5. The third kappa shape index (κ3) is 2.58. The van der Waals surface area contributed by atoms with Crippen LogP contribution in [0.3, 0.4) is 0 Å². The third-order valence-electron chi connectivity index (χ3n) is 3.39. The Morgan fingerprint density at radius 2 is 2.19 bits per heavy atom. The number of ether oxygens (including phenoxy) is 1. The predicted molar refractivity (Wildman–Crippen MR) is 68.0 cm³/mol. The number of benzene rings is 1. The molecule has 2 atom stereocenters. The molecule has 0 bridgehead atoms. The van der Waals surface area contributed by atoms with Gasteiger partial charge >= 0.3 is 0 Å². The molecular weight excluding hydrogens is 220 g/mol. The molecule has 2 heteroatoms. The minimum atomic E-state index is 0.172. The monoisotopic (exact) mass is 238 g/mol. The fourth-order valence-corrected chi connectivity index (χ4v) is 2.91. The molecule has 1 aromatic carbocycles. The van der Waals surface area contributed by atoms with Gasteiger partial charge in [0.2, 0.25) is 0 Å². The summed E-state index contributed by atoms with van der Waals surface area (Å²) in [5, 5.41) is 0.172. The van der Waals surface area contributed by atoms with Crippen LogP contribution in [0.1, 0.15) is 36.3 Å². The average Bonchev–Trinajstić information content (AvgIpc) is 2.33. The van der Waals surface area contributed by atoms with Crippen molar-refractivity contribution >= 4 is 11.6 Å². The first-order valence-corrected chi connectivity index (χ1v) is 6.56. The topological polar surface area (TPSA) is 9.23 Å². The molecule has 1 aliphatic carbocycles. The summed E-state index contributed by atoms with van der Waals surface area (Å²) in [6.07, 6.45) is 3.44. The van der Waals surface area contributed by atoms with Crippen molar-refractivity contribution in [1.82, 2.24) is 0 Å². The van der Waals surface area contributed by atoms with E-state index in [1.54, 1.807) is 0 Å². The molecule has 2 unspecified atom stereocenters. The van der Waals surface area contributed by atoms with E-state index in [9.17, 15) is 0 Å². The van der Waals surface area contributed by atoms with Gasteiger partial charge in [0.05, 0.1) is 5.38 Å². The van der Waals surface area contributed by atoms with Crippen LogP contribution in [-0.4, -0.2) is 13.2 Å². The third-order valence-corrected chi connectivity index (χ3v) is 3.98. The highest BCUT2D eigenvalue weighted by Crippen LogP contribution is 2.40. The van der Waals surface area contributed by atoms with E-state index in [2.05, 4.69) is 24.3 Å². The lowest BCUT2D eigenvalue weighted by molar-refractivity contribution is 0.128. The van der Waals surface area contributed by atoms with Crippen LogP contribution in [-0.2, 0) is 11.2 Å². The van der Waals surface area contributed by atoms with Crippen molar-refractivity contribution in [2.24, 2.45) is 5.92 Å². The van der Waals surface area contributed by atoms with Crippen LogP contribution < -0.4 is 0 Å². The Morgan fingerprint density at radius 3 is 3.00 bits per heavy atom. The van der Waals surface area contributed by atoms with E-state index in [1.807, 2.05) is 6.92 Å². The molecule has 0 saturated heterocycles. The lowest BCUT2D eigenvalue weighted by atomic mass is 9.82. The fraction of sp³-hybridized carbons (Fsp3) is 0.571. The standard InChI is InChI=1S/C14H19ClO/c1-2-16-10-9-12-8-7-11-5-3-4-6-13(11)14(12)15/h3-6,12,14H,2,7-10H2,1H3. The summed E-state index contributed by atoms with van der Waals surface area (Å²) in [6.45, 7) is 3.68. The van der Waals surface area contributed by atoms with Crippen LogP contribution in [0.25, 0.3) is 0 Å². The second kappa shape index (κ2) is 5.70. The van der Waals surface area contributed by atoms with E-state index in [1.165, 1.54) is 17.5 Å². The second-order valence-corrected chi connectivity index (χ2v) is 4.86. The molecule has 0 saturated carbocycles. The van der Waals surface area contributed by atoms with Crippen molar-refractivity contribution in [2.75, 3.05) is 13.2 Å². The van der Waals surface area contributed by atoms with Crippen LogP contribution in [0.5, 0.6) is 0 Å². The van der Waals surface area contributed by atoms with E-state index >= 15 is 0 Å². The lowest BCUT2D eigenvalue weighted by Gasteiger charge is -2.29. The highest BCUT2D eigenvalue weighted by Gasteiger charge is 2.27. The van der Waals surface area contributed by atoms with E-state index in [0.717, 1.165) is 26.1 Å². The van der Waals surface area contributed by atoms with Crippen molar-refractivity contribution in [3.8, 4) is 0 Å². The first-order valence-electron chi connectivity index (χ1n) is 6.12. The summed E-state index contributed by atoms with van der Waals surface area (Å²) in [5.74, 6) is 0.572. The molecule has 0 heterocycles. The highest BCUT2D eigenvalue weighted by atomic mass is 35.5. The van der Waals surface area contributed by atoms with Gasteiger partial charge in [0.25, 0.3) is 0 Å². The molecule has 2 rings (SSSR count). The minimum absolute atomic E-state index is 0.172.